The zero-order valence-electron chi connectivity index (χ0n) is 18.5. The van der Waals surface area contributed by atoms with Gasteiger partial charge in [0.2, 0.25) is 19.9 Å². The monoisotopic (exact) mass is 498 g/mol. The third kappa shape index (κ3) is 3.93. The SMILES string of the molecule is CCN(CC)S(=O)(=O)c1ccc(NC(=O)c2ccc3c(c2)S(=O)(=O)c2ccccc2C3=O)cc1. The number of nitrogens with zero attached hydrogens (tertiary/aromatic N) is 1. The second-order valence-corrected chi connectivity index (χ2v) is 11.4. The van der Waals surface area contributed by atoms with Gasteiger partial charge in [0.15, 0.2) is 5.78 Å². The molecule has 1 aliphatic rings. The normalized spacial score (nSPS) is 14.4. The van der Waals surface area contributed by atoms with Crippen molar-refractivity contribution in [3.05, 3.63) is 83.4 Å². The van der Waals surface area contributed by atoms with Gasteiger partial charge >= 0.3 is 0 Å². The summed E-state index contributed by atoms with van der Waals surface area (Å²) in [5.41, 5.74) is 0.507. The number of hydrogen-bond donors (Lipinski definition) is 1. The van der Waals surface area contributed by atoms with Crippen LogP contribution in [0.3, 0.4) is 0 Å². The number of benzene rings is 3. The molecule has 0 fully saturated rings. The van der Waals surface area contributed by atoms with E-state index < -0.39 is 31.6 Å². The maximum Gasteiger partial charge on any atom is 0.255 e. The van der Waals surface area contributed by atoms with Crippen molar-refractivity contribution < 1.29 is 26.4 Å². The number of anilines is 1. The van der Waals surface area contributed by atoms with Gasteiger partial charge in [-0.15, -0.1) is 0 Å². The van der Waals surface area contributed by atoms with Crippen LogP contribution in [0.1, 0.15) is 40.1 Å². The van der Waals surface area contributed by atoms with Crippen molar-refractivity contribution in [1.29, 1.82) is 0 Å². The Hall–Kier alpha value is -3.34. The quantitative estimate of drug-likeness (QED) is 0.436. The summed E-state index contributed by atoms with van der Waals surface area (Å²) < 4.78 is 52.7. The van der Waals surface area contributed by atoms with E-state index in [0.717, 1.165) is 0 Å². The molecule has 1 N–H and O–H groups in total. The van der Waals surface area contributed by atoms with Gasteiger partial charge in [0, 0.05) is 35.5 Å². The van der Waals surface area contributed by atoms with Crippen LogP contribution in [0.15, 0.2) is 81.4 Å². The summed E-state index contributed by atoms with van der Waals surface area (Å²) in [6, 6.07) is 15.6. The summed E-state index contributed by atoms with van der Waals surface area (Å²) in [5.74, 6) is -1.01. The van der Waals surface area contributed by atoms with Crippen LogP contribution < -0.4 is 5.32 Å². The minimum Gasteiger partial charge on any atom is -0.322 e. The topological polar surface area (TPSA) is 118 Å². The Morgan fingerprint density at radius 3 is 2.15 bits per heavy atom. The number of fused-ring (bicyclic) bond motifs is 2. The highest BCUT2D eigenvalue weighted by Crippen LogP contribution is 2.34. The van der Waals surface area contributed by atoms with Crippen LogP contribution >= 0.6 is 0 Å². The molecule has 0 radical (unpaired) electrons. The third-order valence-corrected chi connectivity index (χ3v) is 9.57. The van der Waals surface area contributed by atoms with Crippen molar-refractivity contribution in [1.82, 2.24) is 4.31 Å². The fourth-order valence-corrected chi connectivity index (χ4v) is 6.99. The van der Waals surface area contributed by atoms with Gasteiger partial charge in [0.25, 0.3) is 5.91 Å². The van der Waals surface area contributed by atoms with E-state index in [1.54, 1.807) is 19.9 Å². The number of carbonyl (C=O) groups is 2. The molecule has 1 amide bonds. The lowest BCUT2D eigenvalue weighted by molar-refractivity contribution is 0.101. The van der Waals surface area contributed by atoms with E-state index >= 15 is 0 Å². The molecule has 4 rings (SSSR count). The Balaban J connectivity index is 1.61. The van der Waals surface area contributed by atoms with Crippen LogP contribution in [-0.4, -0.2) is 45.9 Å². The Labute approximate surface area is 198 Å². The Bertz CT molecular complexity index is 1510. The number of ketones is 1. The fraction of sp³-hybridized carbons (Fsp3) is 0.167. The zero-order chi connectivity index (χ0) is 24.7. The molecule has 3 aromatic rings. The van der Waals surface area contributed by atoms with Crippen LogP contribution in [-0.2, 0) is 19.9 Å². The minimum atomic E-state index is -3.97. The average molecular weight is 499 g/mol. The number of rotatable bonds is 6. The van der Waals surface area contributed by atoms with Gasteiger partial charge in [0.05, 0.1) is 14.7 Å². The van der Waals surface area contributed by atoms with Gasteiger partial charge in [-0.05, 0) is 54.6 Å². The van der Waals surface area contributed by atoms with Crippen molar-refractivity contribution in [3.8, 4) is 0 Å². The number of sulfonamides is 1. The lowest BCUT2D eigenvalue weighted by Gasteiger charge is -2.19. The van der Waals surface area contributed by atoms with Crippen LogP contribution in [0.4, 0.5) is 5.69 Å². The molecule has 34 heavy (non-hydrogen) atoms. The van der Waals surface area contributed by atoms with Crippen LogP contribution in [0.5, 0.6) is 0 Å². The molecule has 0 aliphatic carbocycles. The maximum absolute atomic E-state index is 13.1. The Morgan fingerprint density at radius 1 is 0.882 bits per heavy atom. The van der Waals surface area contributed by atoms with Crippen LogP contribution in [0.2, 0.25) is 0 Å². The first-order valence-corrected chi connectivity index (χ1v) is 13.5. The molecule has 0 saturated heterocycles. The molecular weight excluding hydrogens is 476 g/mol. The molecule has 176 valence electrons. The maximum atomic E-state index is 13.1. The van der Waals surface area contributed by atoms with E-state index in [9.17, 15) is 26.4 Å². The highest BCUT2D eigenvalue weighted by atomic mass is 32.2. The number of sulfone groups is 1. The van der Waals surface area contributed by atoms with Crippen molar-refractivity contribution in [2.45, 2.75) is 28.5 Å². The lowest BCUT2D eigenvalue weighted by Crippen LogP contribution is -2.30. The average Bonchev–Trinajstić information content (AvgIpc) is 2.83. The second-order valence-electron chi connectivity index (χ2n) is 7.61. The molecule has 0 bridgehead atoms. The van der Waals surface area contributed by atoms with Gasteiger partial charge in [-0.1, -0.05) is 26.0 Å². The first-order valence-electron chi connectivity index (χ1n) is 10.6. The molecule has 0 atom stereocenters. The summed E-state index contributed by atoms with van der Waals surface area (Å²) in [6.07, 6.45) is 0. The minimum absolute atomic E-state index is 0.0150. The van der Waals surface area contributed by atoms with Gasteiger partial charge in [-0.25, -0.2) is 16.8 Å². The second kappa shape index (κ2) is 8.79. The van der Waals surface area contributed by atoms with E-state index in [1.165, 1.54) is 65.0 Å². The fourth-order valence-electron chi connectivity index (χ4n) is 3.85. The third-order valence-electron chi connectivity index (χ3n) is 5.65. The van der Waals surface area contributed by atoms with E-state index in [0.29, 0.717) is 18.8 Å². The summed E-state index contributed by atoms with van der Waals surface area (Å²) in [6.45, 7) is 4.18. The summed E-state index contributed by atoms with van der Waals surface area (Å²) >= 11 is 0. The molecular formula is C24H22N2O6S2. The van der Waals surface area contributed by atoms with Gasteiger partial charge in [0.1, 0.15) is 0 Å². The largest absolute Gasteiger partial charge is 0.322 e. The van der Waals surface area contributed by atoms with Crippen LogP contribution in [0.25, 0.3) is 0 Å². The molecule has 8 nitrogen and oxygen atoms in total. The van der Waals surface area contributed by atoms with E-state index in [-0.39, 0.29) is 31.4 Å². The van der Waals surface area contributed by atoms with Gasteiger partial charge < -0.3 is 5.32 Å². The number of carbonyl (C=O) groups excluding carboxylic acids is 2. The molecule has 1 heterocycles. The molecule has 0 spiro atoms. The van der Waals surface area contributed by atoms with Gasteiger partial charge in [-0.2, -0.15) is 4.31 Å². The lowest BCUT2D eigenvalue weighted by atomic mass is 10.0. The molecule has 0 saturated carbocycles. The van der Waals surface area contributed by atoms with E-state index in [4.69, 9.17) is 0 Å². The Kier molecular flexibility index (Phi) is 6.15. The predicted octanol–water partition coefficient (Wildman–Crippen LogP) is 3.35. The van der Waals surface area contributed by atoms with Crippen molar-refractivity contribution in [2.24, 2.45) is 0 Å². The molecule has 3 aromatic carbocycles. The summed E-state index contributed by atoms with van der Waals surface area (Å²) in [4.78, 5) is 25.4. The van der Waals surface area contributed by atoms with Crippen LogP contribution in [0, 0.1) is 0 Å². The highest BCUT2D eigenvalue weighted by Gasteiger charge is 2.35. The summed E-state index contributed by atoms with van der Waals surface area (Å²) in [5, 5.41) is 2.63. The van der Waals surface area contributed by atoms with E-state index in [2.05, 4.69) is 5.32 Å². The zero-order valence-corrected chi connectivity index (χ0v) is 20.1. The first-order chi connectivity index (χ1) is 16.1. The Morgan fingerprint density at radius 2 is 1.50 bits per heavy atom. The number of amides is 1. The molecule has 1 aliphatic heterocycles. The molecule has 10 heteroatoms. The number of nitrogens with one attached hydrogen (secondary N) is 1. The van der Waals surface area contributed by atoms with Crippen molar-refractivity contribution in [3.63, 3.8) is 0 Å². The summed E-state index contributed by atoms with van der Waals surface area (Å²) in [7, 11) is -7.60. The molecule has 0 unspecified atom stereocenters. The van der Waals surface area contributed by atoms with Crippen molar-refractivity contribution >= 4 is 37.2 Å². The predicted molar refractivity (Wildman–Crippen MR) is 126 cm³/mol. The van der Waals surface area contributed by atoms with Crippen molar-refractivity contribution in [2.75, 3.05) is 18.4 Å². The van der Waals surface area contributed by atoms with E-state index in [1.807, 2.05) is 0 Å². The van der Waals surface area contributed by atoms with Gasteiger partial charge in [-0.3, -0.25) is 9.59 Å². The highest BCUT2D eigenvalue weighted by molar-refractivity contribution is 7.91. The smallest absolute Gasteiger partial charge is 0.255 e. The number of hydrogen-bond acceptors (Lipinski definition) is 6. The first kappa shape index (κ1) is 23.8. The standard InChI is InChI=1S/C24H22N2O6S2/c1-3-26(4-2)34(31,32)18-12-10-17(11-13-18)25-24(28)16-9-14-20-22(15-16)33(29,30)21-8-6-5-7-19(21)23(20)27/h5-15H,3-4H2,1-2H3,(H,25,28). The molecule has 0 aromatic heterocycles.